The molecule has 1 aliphatic heterocycles. The zero-order valence-electron chi connectivity index (χ0n) is 7.41. The van der Waals surface area contributed by atoms with Gasteiger partial charge >= 0.3 is 5.97 Å². The highest BCUT2D eigenvalue weighted by Gasteiger charge is 2.18. The Morgan fingerprint density at radius 1 is 1.46 bits per heavy atom. The number of rotatable bonds is 4. The summed E-state index contributed by atoms with van der Waals surface area (Å²) in [5.41, 5.74) is 0. The first-order valence-corrected chi connectivity index (χ1v) is 4.29. The molecule has 0 aromatic carbocycles. The van der Waals surface area contributed by atoms with Crippen molar-refractivity contribution in [3.05, 3.63) is 0 Å². The molecule has 0 unspecified atom stereocenters. The van der Waals surface area contributed by atoms with Crippen LogP contribution >= 0.6 is 12.4 Å². The zero-order valence-corrected chi connectivity index (χ0v) is 8.23. The number of carbonyl (C=O) groups is 1. The van der Waals surface area contributed by atoms with Gasteiger partial charge in [-0.2, -0.15) is 0 Å². The van der Waals surface area contributed by atoms with E-state index in [4.69, 9.17) is 5.11 Å². The van der Waals surface area contributed by atoms with Crippen LogP contribution in [0.2, 0.25) is 0 Å². The molecule has 1 atom stereocenters. The number of hydrogen-bond acceptors (Lipinski definition) is 2. The molecule has 1 N–H and O–H groups in total. The maximum absolute atomic E-state index is 12.6. The van der Waals surface area contributed by atoms with Crippen molar-refractivity contribution in [1.82, 2.24) is 4.90 Å². The average Bonchev–Trinajstić information content (AvgIpc) is 2.51. The van der Waals surface area contributed by atoms with Crippen molar-refractivity contribution in [3.63, 3.8) is 0 Å². The standard InChI is InChI=1S/C8H14FNO2.ClH/c9-7(8(11)12)3-6-10-4-1-2-5-10;/h7H,1-6H2,(H,11,12);1H/t7-;/m1./s1. The van der Waals surface area contributed by atoms with Gasteiger partial charge in [0.05, 0.1) is 0 Å². The molecule has 0 saturated carbocycles. The van der Waals surface area contributed by atoms with Gasteiger partial charge in [0.2, 0.25) is 0 Å². The predicted molar refractivity (Wildman–Crippen MR) is 50.1 cm³/mol. The van der Waals surface area contributed by atoms with Gasteiger partial charge in [-0.05, 0) is 25.9 Å². The van der Waals surface area contributed by atoms with Gasteiger partial charge in [-0.25, -0.2) is 9.18 Å². The van der Waals surface area contributed by atoms with E-state index < -0.39 is 12.1 Å². The summed E-state index contributed by atoms with van der Waals surface area (Å²) in [6.45, 7) is 2.56. The van der Waals surface area contributed by atoms with Crippen molar-refractivity contribution in [1.29, 1.82) is 0 Å². The SMILES string of the molecule is Cl.O=C(O)[C@H](F)CCN1CCCC1. The molecule has 13 heavy (non-hydrogen) atoms. The quantitative estimate of drug-likeness (QED) is 0.763. The van der Waals surface area contributed by atoms with E-state index >= 15 is 0 Å². The van der Waals surface area contributed by atoms with Crippen LogP contribution < -0.4 is 0 Å². The highest BCUT2D eigenvalue weighted by atomic mass is 35.5. The molecule has 0 amide bonds. The summed E-state index contributed by atoms with van der Waals surface area (Å²) in [5.74, 6) is -1.34. The van der Waals surface area contributed by atoms with Gasteiger partial charge in [-0.1, -0.05) is 0 Å². The molecule has 0 radical (unpaired) electrons. The molecule has 1 fully saturated rings. The monoisotopic (exact) mass is 211 g/mol. The molecule has 1 rings (SSSR count). The van der Waals surface area contributed by atoms with Crippen molar-refractivity contribution in [2.24, 2.45) is 0 Å². The molecular weight excluding hydrogens is 197 g/mol. The summed E-state index contributed by atoms with van der Waals surface area (Å²) in [5, 5.41) is 8.26. The lowest BCUT2D eigenvalue weighted by Gasteiger charge is -2.14. The van der Waals surface area contributed by atoms with Crippen molar-refractivity contribution in [2.75, 3.05) is 19.6 Å². The molecular formula is C8H15ClFNO2. The first kappa shape index (κ1) is 12.7. The van der Waals surface area contributed by atoms with Gasteiger partial charge in [0.1, 0.15) is 0 Å². The van der Waals surface area contributed by atoms with Crippen molar-refractivity contribution < 1.29 is 14.3 Å². The van der Waals surface area contributed by atoms with Crippen LogP contribution in [0, 0.1) is 0 Å². The Hall–Kier alpha value is -0.350. The molecule has 0 aliphatic carbocycles. The molecule has 1 saturated heterocycles. The lowest BCUT2D eigenvalue weighted by atomic mass is 10.2. The van der Waals surface area contributed by atoms with Gasteiger partial charge in [0.25, 0.3) is 0 Å². The molecule has 3 nitrogen and oxygen atoms in total. The second-order valence-corrected chi connectivity index (χ2v) is 3.14. The predicted octanol–water partition coefficient (Wildman–Crippen LogP) is 1.32. The maximum Gasteiger partial charge on any atom is 0.338 e. The first-order chi connectivity index (χ1) is 5.70. The van der Waals surface area contributed by atoms with Crippen LogP contribution in [0.15, 0.2) is 0 Å². The fourth-order valence-corrected chi connectivity index (χ4v) is 1.43. The Labute approximate surface area is 83.3 Å². The minimum Gasteiger partial charge on any atom is -0.479 e. The van der Waals surface area contributed by atoms with E-state index in [1.807, 2.05) is 0 Å². The van der Waals surface area contributed by atoms with Gasteiger partial charge in [0.15, 0.2) is 6.17 Å². The third-order valence-electron chi connectivity index (χ3n) is 2.17. The van der Waals surface area contributed by atoms with Crippen LogP contribution in [-0.4, -0.2) is 41.8 Å². The summed E-state index contributed by atoms with van der Waals surface area (Å²) in [6.07, 6.45) is 0.745. The van der Waals surface area contributed by atoms with Gasteiger partial charge in [-0.15, -0.1) is 12.4 Å². The molecule has 0 bridgehead atoms. The molecule has 1 heterocycles. The number of nitrogens with zero attached hydrogens (tertiary/aromatic N) is 1. The Kier molecular flexibility index (Phi) is 5.99. The molecule has 0 aromatic rings. The number of hydrogen-bond donors (Lipinski definition) is 1. The second kappa shape index (κ2) is 6.16. The summed E-state index contributed by atoms with van der Waals surface area (Å²) >= 11 is 0. The molecule has 1 aliphatic rings. The number of aliphatic carboxylic acids is 1. The summed E-state index contributed by atoms with van der Waals surface area (Å²) in [7, 11) is 0. The third kappa shape index (κ3) is 4.43. The lowest BCUT2D eigenvalue weighted by Crippen LogP contribution is -2.26. The summed E-state index contributed by atoms with van der Waals surface area (Å²) in [6, 6.07) is 0. The van der Waals surface area contributed by atoms with Crippen molar-refractivity contribution >= 4 is 18.4 Å². The van der Waals surface area contributed by atoms with Crippen molar-refractivity contribution in [2.45, 2.75) is 25.4 Å². The van der Waals surface area contributed by atoms with E-state index in [0.29, 0.717) is 6.54 Å². The zero-order chi connectivity index (χ0) is 8.97. The Morgan fingerprint density at radius 3 is 2.46 bits per heavy atom. The van der Waals surface area contributed by atoms with E-state index in [-0.39, 0.29) is 18.8 Å². The molecule has 5 heteroatoms. The van der Waals surface area contributed by atoms with E-state index in [1.165, 1.54) is 0 Å². The van der Waals surface area contributed by atoms with E-state index in [9.17, 15) is 9.18 Å². The number of carboxylic acids is 1. The number of carboxylic acid groups (broad SMARTS) is 1. The highest BCUT2D eigenvalue weighted by Crippen LogP contribution is 2.09. The molecule has 78 valence electrons. The minimum atomic E-state index is -1.69. The van der Waals surface area contributed by atoms with Gasteiger partial charge in [0, 0.05) is 13.0 Å². The largest absolute Gasteiger partial charge is 0.479 e. The van der Waals surface area contributed by atoms with E-state index in [2.05, 4.69) is 4.90 Å². The molecule has 0 spiro atoms. The number of alkyl halides is 1. The minimum absolute atomic E-state index is 0. The fraction of sp³-hybridized carbons (Fsp3) is 0.875. The smallest absolute Gasteiger partial charge is 0.338 e. The van der Waals surface area contributed by atoms with Crippen LogP contribution in [0.3, 0.4) is 0 Å². The lowest BCUT2D eigenvalue weighted by molar-refractivity contribution is -0.143. The Morgan fingerprint density at radius 2 is 2.00 bits per heavy atom. The van der Waals surface area contributed by atoms with Crippen LogP contribution in [0.4, 0.5) is 4.39 Å². The summed E-state index contributed by atoms with van der Waals surface area (Å²) < 4.78 is 12.6. The van der Waals surface area contributed by atoms with Crippen LogP contribution in [0.5, 0.6) is 0 Å². The highest BCUT2D eigenvalue weighted by molar-refractivity contribution is 5.85. The fourth-order valence-electron chi connectivity index (χ4n) is 1.43. The Balaban J connectivity index is 0.00000144. The topological polar surface area (TPSA) is 40.5 Å². The van der Waals surface area contributed by atoms with Gasteiger partial charge in [-0.3, -0.25) is 0 Å². The van der Waals surface area contributed by atoms with E-state index in [0.717, 1.165) is 25.9 Å². The van der Waals surface area contributed by atoms with Gasteiger partial charge < -0.3 is 10.0 Å². The van der Waals surface area contributed by atoms with Crippen LogP contribution in [0.25, 0.3) is 0 Å². The third-order valence-corrected chi connectivity index (χ3v) is 2.17. The number of halogens is 2. The van der Waals surface area contributed by atoms with E-state index in [1.54, 1.807) is 0 Å². The van der Waals surface area contributed by atoms with Crippen LogP contribution in [-0.2, 0) is 4.79 Å². The average molecular weight is 212 g/mol. The van der Waals surface area contributed by atoms with Crippen LogP contribution in [0.1, 0.15) is 19.3 Å². The first-order valence-electron chi connectivity index (χ1n) is 4.29. The Bertz CT molecular complexity index is 162. The second-order valence-electron chi connectivity index (χ2n) is 3.14. The summed E-state index contributed by atoms with van der Waals surface area (Å²) in [4.78, 5) is 12.2. The number of likely N-dealkylation sites (tertiary alicyclic amines) is 1. The normalized spacial score (nSPS) is 19.5. The maximum atomic E-state index is 12.6. The van der Waals surface area contributed by atoms with Crippen molar-refractivity contribution in [3.8, 4) is 0 Å². The molecule has 0 aromatic heterocycles.